The first-order valence-electron chi connectivity index (χ1n) is 13.3. The van der Waals surface area contributed by atoms with Gasteiger partial charge in [-0.1, -0.05) is 53.7 Å². The SMILES string of the molecule is COC(=O)[C@@H](NC(=O)N[C@H](C(=O)N[C@H]1C=CCCNC(=O)[C@H]2OC(=S)O[C@@H]2[C@H](C(C)C)NC1=O)C(C)C)C(C)C. The summed E-state index contributed by atoms with van der Waals surface area (Å²) in [5, 5.41) is 13.3. The Hall–Kier alpha value is -3.42. The standard InChI is InChI=1S/C26H41N5O8S/c1-12(2)16-19-20(39-26(40)38-19)23(34)27-11-9-8-10-15(21(32)29-16)28-22(33)17(13(3)4)30-25(36)31-18(14(5)6)24(35)37-7/h8,10,12-20H,9,11H2,1-7H3,(H,27,34)(H,28,33)(H,29,32)(H2,30,31,36)/t15-,16-,17-,18-,19+,20-/m0/s1. The van der Waals surface area contributed by atoms with E-state index in [1.54, 1.807) is 33.8 Å². The van der Waals surface area contributed by atoms with E-state index < -0.39 is 66.1 Å². The molecule has 5 amide bonds. The zero-order valence-electron chi connectivity index (χ0n) is 23.9. The Labute approximate surface area is 239 Å². The maximum atomic E-state index is 13.4. The van der Waals surface area contributed by atoms with Crippen LogP contribution in [0.4, 0.5) is 4.79 Å². The highest BCUT2D eigenvalue weighted by molar-refractivity contribution is 7.79. The van der Waals surface area contributed by atoms with Crippen LogP contribution in [0.1, 0.15) is 48.0 Å². The van der Waals surface area contributed by atoms with Gasteiger partial charge in [0.05, 0.1) is 13.2 Å². The second-order valence-electron chi connectivity index (χ2n) is 10.7. The van der Waals surface area contributed by atoms with Crippen LogP contribution in [0.25, 0.3) is 0 Å². The highest BCUT2D eigenvalue weighted by Crippen LogP contribution is 2.23. The number of ether oxygens (including phenoxy) is 3. The molecule has 0 bridgehead atoms. The Bertz CT molecular complexity index is 1000. The van der Waals surface area contributed by atoms with E-state index in [4.69, 9.17) is 26.4 Å². The summed E-state index contributed by atoms with van der Waals surface area (Å²) >= 11 is 5.02. The number of carbonyl (C=O) groups excluding carboxylic acids is 5. The van der Waals surface area contributed by atoms with Gasteiger partial charge in [0.2, 0.25) is 17.9 Å². The molecule has 13 nitrogen and oxygen atoms in total. The van der Waals surface area contributed by atoms with Crippen molar-refractivity contribution in [1.29, 1.82) is 0 Å². The van der Waals surface area contributed by atoms with Gasteiger partial charge in [0.15, 0.2) is 6.10 Å². The van der Waals surface area contributed by atoms with Crippen LogP contribution >= 0.6 is 12.2 Å². The van der Waals surface area contributed by atoms with E-state index in [-0.39, 0.29) is 29.5 Å². The van der Waals surface area contributed by atoms with Crippen LogP contribution in [0.2, 0.25) is 0 Å². The molecule has 40 heavy (non-hydrogen) atoms. The molecule has 0 unspecified atom stereocenters. The normalized spacial score (nSPS) is 24.8. The fraction of sp³-hybridized carbons (Fsp3) is 0.692. The zero-order valence-corrected chi connectivity index (χ0v) is 24.8. The van der Waals surface area contributed by atoms with Gasteiger partial charge in [-0.15, -0.1) is 0 Å². The topological polar surface area (TPSA) is 173 Å². The summed E-state index contributed by atoms with van der Waals surface area (Å²) in [6.45, 7) is 10.9. The number of nitrogens with one attached hydrogen (secondary N) is 5. The maximum Gasteiger partial charge on any atom is 0.353 e. The van der Waals surface area contributed by atoms with Crippen molar-refractivity contribution in [1.82, 2.24) is 26.6 Å². The van der Waals surface area contributed by atoms with Crippen LogP contribution in [0.5, 0.6) is 0 Å². The minimum Gasteiger partial charge on any atom is -0.467 e. The maximum absolute atomic E-state index is 13.4. The van der Waals surface area contributed by atoms with Crippen LogP contribution in [0.3, 0.4) is 0 Å². The molecule has 5 N–H and O–H groups in total. The molecule has 2 heterocycles. The molecule has 1 saturated heterocycles. The number of hydrogen-bond acceptors (Lipinski definition) is 9. The van der Waals surface area contributed by atoms with Crippen LogP contribution in [-0.2, 0) is 33.4 Å². The minimum absolute atomic E-state index is 0.182. The lowest BCUT2D eigenvalue weighted by Gasteiger charge is -2.31. The Kier molecular flexibility index (Phi) is 12.1. The fourth-order valence-corrected chi connectivity index (χ4v) is 4.47. The van der Waals surface area contributed by atoms with Crippen molar-refractivity contribution < 1.29 is 38.2 Å². The smallest absolute Gasteiger partial charge is 0.353 e. The van der Waals surface area contributed by atoms with Gasteiger partial charge in [0.25, 0.3) is 5.91 Å². The summed E-state index contributed by atoms with van der Waals surface area (Å²) in [6.07, 6.45) is 1.66. The molecule has 2 aliphatic heterocycles. The molecule has 0 aromatic rings. The van der Waals surface area contributed by atoms with Crippen molar-refractivity contribution in [2.45, 2.75) is 84.3 Å². The van der Waals surface area contributed by atoms with Crippen LogP contribution in [0, 0.1) is 17.8 Å². The van der Waals surface area contributed by atoms with Crippen molar-refractivity contribution in [3.8, 4) is 0 Å². The van der Waals surface area contributed by atoms with Gasteiger partial charge < -0.3 is 40.8 Å². The Morgan fingerprint density at radius 3 is 2.20 bits per heavy atom. The zero-order chi connectivity index (χ0) is 30.1. The molecule has 2 rings (SSSR count). The number of rotatable bonds is 8. The molecule has 2 aliphatic rings. The largest absolute Gasteiger partial charge is 0.467 e. The van der Waals surface area contributed by atoms with Crippen molar-refractivity contribution in [2.24, 2.45) is 17.8 Å². The first-order valence-corrected chi connectivity index (χ1v) is 13.7. The molecule has 0 radical (unpaired) electrons. The van der Waals surface area contributed by atoms with Crippen molar-refractivity contribution >= 4 is 47.2 Å². The van der Waals surface area contributed by atoms with Crippen LogP contribution < -0.4 is 26.6 Å². The van der Waals surface area contributed by atoms with E-state index in [2.05, 4.69) is 26.6 Å². The van der Waals surface area contributed by atoms with E-state index in [0.29, 0.717) is 6.42 Å². The molecular formula is C26H41N5O8S. The number of urea groups is 1. The lowest BCUT2D eigenvalue weighted by Crippen LogP contribution is -2.60. The fourth-order valence-electron chi connectivity index (χ4n) is 4.26. The third-order valence-electron chi connectivity index (χ3n) is 6.56. The summed E-state index contributed by atoms with van der Waals surface area (Å²) in [7, 11) is 1.22. The summed E-state index contributed by atoms with van der Waals surface area (Å²) < 4.78 is 15.8. The number of esters is 1. The molecule has 0 spiro atoms. The van der Waals surface area contributed by atoms with Gasteiger partial charge >= 0.3 is 17.2 Å². The molecule has 0 saturated carbocycles. The van der Waals surface area contributed by atoms with Crippen LogP contribution in [-0.4, -0.2) is 85.0 Å². The summed E-state index contributed by atoms with van der Waals surface area (Å²) in [6, 6.07) is -4.43. The first kappa shape index (κ1) is 32.8. The number of thiocarbonyl (C=S) groups is 1. The molecule has 0 aliphatic carbocycles. The Morgan fingerprint density at radius 1 is 1.00 bits per heavy atom. The number of methoxy groups -OCH3 is 1. The number of fused-ring (bicyclic) bond motifs is 1. The summed E-state index contributed by atoms with van der Waals surface area (Å²) in [5.74, 6) is -2.95. The van der Waals surface area contributed by atoms with E-state index in [0.717, 1.165) is 0 Å². The van der Waals surface area contributed by atoms with Crippen molar-refractivity contribution in [3.63, 3.8) is 0 Å². The van der Waals surface area contributed by atoms with Crippen molar-refractivity contribution in [2.75, 3.05) is 13.7 Å². The average molecular weight is 584 g/mol. The average Bonchev–Trinajstić information content (AvgIpc) is 3.27. The van der Waals surface area contributed by atoms with E-state index in [1.165, 1.54) is 13.2 Å². The molecule has 0 aromatic carbocycles. The lowest BCUT2D eigenvalue weighted by atomic mass is 9.93. The summed E-state index contributed by atoms with van der Waals surface area (Å²) in [4.78, 5) is 64.2. The molecule has 1 fully saturated rings. The third-order valence-corrected chi connectivity index (χ3v) is 6.75. The molecular weight excluding hydrogens is 542 g/mol. The highest BCUT2D eigenvalue weighted by Gasteiger charge is 2.46. The van der Waals surface area contributed by atoms with E-state index in [1.807, 2.05) is 13.8 Å². The van der Waals surface area contributed by atoms with Crippen LogP contribution in [0.15, 0.2) is 12.2 Å². The Balaban J connectivity index is 2.23. The second kappa shape index (κ2) is 14.8. The third kappa shape index (κ3) is 8.80. The van der Waals surface area contributed by atoms with Gasteiger partial charge in [-0.2, -0.15) is 0 Å². The van der Waals surface area contributed by atoms with Gasteiger partial charge in [-0.05, 0) is 24.2 Å². The van der Waals surface area contributed by atoms with Gasteiger partial charge in [-0.25, -0.2) is 9.59 Å². The first-order chi connectivity index (χ1) is 18.8. The number of amides is 5. The summed E-state index contributed by atoms with van der Waals surface area (Å²) in [5.41, 5.74) is 0. The Morgan fingerprint density at radius 2 is 1.62 bits per heavy atom. The monoisotopic (exact) mass is 583 g/mol. The molecule has 0 aromatic heterocycles. The predicted molar refractivity (Wildman–Crippen MR) is 149 cm³/mol. The van der Waals surface area contributed by atoms with E-state index >= 15 is 0 Å². The molecule has 6 atom stereocenters. The molecule has 224 valence electrons. The van der Waals surface area contributed by atoms with E-state index in [9.17, 15) is 24.0 Å². The second-order valence-corrected chi connectivity index (χ2v) is 11.1. The highest BCUT2D eigenvalue weighted by atomic mass is 32.1. The predicted octanol–water partition coefficient (Wildman–Crippen LogP) is 0.278. The number of carbonyl (C=O) groups is 5. The van der Waals surface area contributed by atoms with Gasteiger partial charge in [0, 0.05) is 18.8 Å². The molecule has 14 heteroatoms. The van der Waals surface area contributed by atoms with Gasteiger partial charge in [0.1, 0.15) is 18.1 Å². The van der Waals surface area contributed by atoms with Crippen molar-refractivity contribution in [3.05, 3.63) is 12.2 Å². The number of hydrogen-bond donors (Lipinski definition) is 5. The quantitative estimate of drug-likeness (QED) is 0.153. The lowest BCUT2D eigenvalue weighted by molar-refractivity contribution is -0.144. The van der Waals surface area contributed by atoms with Gasteiger partial charge in [-0.3, -0.25) is 14.4 Å². The minimum atomic E-state index is -1.10.